The second-order valence-electron chi connectivity index (χ2n) is 3.16. The Bertz CT molecular complexity index is 355. The molecule has 0 amide bonds. The summed E-state index contributed by atoms with van der Waals surface area (Å²) in [5, 5.41) is 9.93. The van der Waals surface area contributed by atoms with E-state index in [9.17, 15) is 5.11 Å². The number of phenols is 1. The van der Waals surface area contributed by atoms with Crippen molar-refractivity contribution in [1.29, 1.82) is 0 Å². The summed E-state index contributed by atoms with van der Waals surface area (Å²) >= 11 is 3.32. The summed E-state index contributed by atoms with van der Waals surface area (Å²) in [6, 6.07) is 1.89. The summed E-state index contributed by atoms with van der Waals surface area (Å²) in [5.41, 5.74) is 1.76. The van der Waals surface area contributed by atoms with E-state index in [0.717, 1.165) is 15.6 Å². The molecule has 0 aliphatic heterocycles. The Labute approximate surface area is 97.1 Å². The quantitative estimate of drug-likeness (QED) is 0.824. The molecule has 4 nitrogen and oxygen atoms in total. The molecule has 1 aromatic rings. The van der Waals surface area contributed by atoms with Crippen LogP contribution in [0.1, 0.15) is 11.1 Å². The lowest BCUT2D eigenvalue weighted by atomic mass is 10.0. The van der Waals surface area contributed by atoms with Crippen LogP contribution in [0, 0.1) is 6.92 Å². The first-order chi connectivity index (χ1) is 7.11. The molecule has 0 heterocycles. The summed E-state index contributed by atoms with van der Waals surface area (Å²) in [4.78, 5) is 4.50. The van der Waals surface area contributed by atoms with Gasteiger partial charge in [0, 0.05) is 12.0 Å². The zero-order valence-electron chi connectivity index (χ0n) is 8.71. The van der Waals surface area contributed by atoms with E-state index in [1.165, 1.54) is 7.11 Å². The topological polar surface area (TPSA) is 64.7 Å². The van der Waals surface area contributed by atoms with Gasteiger partial charge in [0.15, 0.2) is 11.5 Å². The standard InChI is InChI=1S/C10H14BrNO3/c1-6-5-8(11)10(14-2)9(13)7(6)3-4-15-12/h5,13H,3-4,12H2,1-2H3. The molecule has 0 spiro atoms. The summed E-state index contributed by atoms with van der Waals surface area (Å²) in [6.07, 6.45) is 0.553. The largest absolute Gasteiger partial charge is 0.504 e. The van der Waals surface area contributed by atoms with Crippen LogP contribution in [0.25, 0.3) is 0 Å². The first kappa shape index (κ1) is 12.3. The highest BCUT2D eigenvalue weighted by Crippen LogP contribution is 2.39. The van der Waals surface area contributed by atoms with Crippen LogP contribution in [-0.2, 0) is 11.3 Å². The van der Waals surface area contributed by atoms with Crippen LogP contribution in [0.5, 0.6) is 11.5 Å². The van der Waals surface area contributed by atoms with Crippen molar-refractivity contribution < 1.29 is 14.7 Å². The zero-order chi connectivity index (χ0) is 11.4. The molecule has 0 unspecified atom stereocenters. The van der Waals surface area contributed by atoms with Gasteiger partial charge in [-0.3, -0.25) is 0 Å². The number of benzene rings is 1. The van der Waals surface area contributed by atoms with Gasteiger partial charge in [-0.15, -0.1) is 0 Å². The summed E-state index contributed by atoms with van der Waals surface area (Å²) in [6.45, 7) is 2.27. The summed E-state index contributed by atoms with van der Waals surface area (Å²) in [7, 11) is 1.51. The number of phenolic OH excluding ortho intramolecular Hbond substituents is 1. The SMILES string of the molecule is COc1c(Br)cc(C)c(CCON)c1O. The molecule has 0 saturated carbocycles. The van der Waals surface area contributed by atoms with Gasteiger partial charge in [-0.05, 0) is 34.5 Å². The van der Waals surface area contributed by atoms with E-state index >= 15 is 0 Å². The number of methoxy groups -OCH3 is 1. The first-order valence-electron chi connectivity index (χ1n) is 4.48. The van der Waals surface area contributed by atoms with E-state index in [-0.39, 0.29) is 5.75 Å². The molecule has 15 heavy (non-hydrogen) atoms. The van der Waals surface area contributed by atoms with Gasteiger partial charge in [0.05, 0.1) is 18.2 Å². The summed E-state index contributed by atoms with van der Waals surface area (Å²) in [5.74, 6) is 5.53. The van der Waals surface area contributed by atoms with E-state index < -0.39 is 0 Å². The number of hydrogen-bond donors (Lipinski definition) is 2. The molecule has 1 rings (SSSR count). The number of ether oxygens (including phenoxy) is 1. The third-order valence-corrected chi connectivity index (χ3v) is 2.80. The second kappa shape index (κ2) is 5.34. The first-order valence-corrected chi connectivity index (χ1v) is 5.27. The van der Waals surface area contributed by atoms with E-state index in [4.69, 9.17) is 10.6 Å². The normalized spacial score (nSPS) is 10.4. The maximum absolute atomic E-state index is 9.93. The minimum Gasteiger partial charge on any atom is -0.504 e. The smallest absolute Gasteiger partial charge is 0.174 e. The Kier molecular flexibility index (Phi) is 4.38. The molecule has 3 N–H and O–H groups in total. The Balaban J connectivity index is 3.14. The molecular formula is C10H14BrNO3. The molecule has 0 radical (unpaired) electrons. The number of halogens is 1. The molecular weight excluding hydrogens is 262 g/mol. The van der Waals surface area contributed by atoms with E-state index in [0.29, 0.717) is 18.8 Å². The number of aromatic hydroxyl groups is 1. The Morgan fingerprint density at radius 3 is 2.73 bits per heavy atom. The van der Waals surface area contributed by atoms with Crippen molar-refractivity contribution in [3.8, 4) is 11.5 Å². The van der Waals surface area contributed by atoms with E-state index in [2.05, 4.69) is 20.8 Å². The van der Waals surface area contributed by atoms with Crippen molar-refractivity contribution in [1.82, 2.24) is 0 Å². The predicted octanol–water partition coefficient (Wildman–Crippen LogP) is 1.90. The zero-order valence-corrected chi connectivity index (χ0v) is 10.3. The van der Waals surface area contributed by atoms with Crippen LogP contribution in [-0.4, -0.2) is 18.8 Å². The molecule has 84 valence electrons. The van der Waals surface area contributed by atoms with Crippen molar-refractivity contribution >= 4 is 15.9 Å². The van der Waals surface area contributed by atoms with Gasteiger partial charge in [-0.2, -0.15) is 0 Å². The fraction of sp³-hybridized carbons (Fsp3) is 0.400. The number of nitrogens with two attached hydrogens (primary N) is 1. The van der Waals surface area contributed by atoms with Gasteiger partial charge in [-0.25, -0.2) is 5.90 Å². The molecule has 0 aromatic heterocycles. The molecule has 0 atom stereocenters. The molecule has 5 heteroatoms. The van der Waals surface area contributed by atoms with Crippen LogP contribution in [0.4, 0.5) is 0 Å². The van der Waals surface area contributed by atoms with Crippen molar-refractivity contribution in [2.24, 2.45) is 5.90 Å². The number of hydrogen-bond acceptors (Lipinski definition) is 4. The van der Waals surface area contributed by atoms with Crippen LogP contribution >= 0.6 is 15.9 Å². The van der Waals surface area contributed by atoms with Gasteiger partial charge in [0.1, 0.15) is 0 Å². The van der Waals surface area contributed by atoms with Crippen LogP contribution < -0.4 is 10.6 Å². The number of rotatable bonds is 4. The lowest BCUT2D eigenvalue weighted by Crippen LogP contribution is -2.05. The molecule has 0 aliphatic carbocycles. The minimum absolute atomic E-state index is 0.140. The van der Waals surface area contributed by atoms with Crippen LogP contribution in [0.3, 0.4) is 0 Å². The second-order valence-corrected chi connectivity index (χ2v) is 4.01. The highest BCUT2D eigenvalue weighted by molar-refractivity contribution is 9.10. The number of aryl methyl sites for hydroxylation is 1. The van der Waals surface area contributed by atoms with E-state index in [1.807, 2.05) is 13.0 Å². The summed E-state index contributed by atoms with van der Waals surface area (Å²) < 4.78 is 5.82. The van der Waals surface area contributed by atoms with E-state index in [1.54, 1.807) is 0 Å². The van der Waals surface area contributed by atoms with Crippen molar-refractivity contribution in [2.45, 2.75) is 13.3 Å². The molecule has 0 aliphatic rings. The maximum atomic E-state index is 9.93. The Hall–Kier alpha value is -0.780. The van der Waals surface area contributed by atoms with Gasteiger partial charge in [0.2, 0.25) is 0 Å². The molecule has 0 saturated heterocycles. The molecule has 0 fully saturated rings. The Morgan fingerprint density at radius 1 is 1.53 bits per heavy atom. The fourth-order valence-electron chi connectivity index (χ4n) is 1.45. The lowest BCUT2D eigenvalue weighted by molar-refractivity contribution is 0.140. The fourth-order valence-corrected chi connectivity index (χ4v) is 2.14. The predicted molar refractivity (Wildman–Crippen MR) is 60.9 cm³/mol. The van der Waals surface area contributed by atoms with Crippen molar-refractivity contribution in [3.63, 3.8) is 0 Å². The van der Waals surface area contributed by atoms with Gasteiger partial charge < -0.3 is 14.7 Å². The lowest BCUT2D eigenvalue weighted by Gasteiger charge is -2.13. The highest BCUT2D eigenvalue weighted by Gasteiger charge is 2.14. The van der Waals surface area contributed by atoms with Gasteiger partial charge in [0.25, 0.3) is 0 Å². The molecule has 0 bridgehead atoms. The van der Waals surface area contributed by atoms with Crippen molar-refractivity contribution in [3.05, 3.63) is 21.7 Å². The minimum atomic E-state index is 0.140. The Morgan fingerprint density at radius 2 is 2.20 bits per heavy atom. The van der Waals surface area contributed by atoms with Crippen molar-refractivity contribution in [2.75, 3.05) is 13.7 Å². The third kappa shape index (κ3) is 2.62. The van der Waals surface area contributed by atoms with Crippen LogP contribution in [0.2, 0.25) is 0 Å². The highest BCUT2D eigenvalue weighted by atomic mass is 79.9. The average Bonchev–Trinajstić information content (AvgIpc) is 2.17. The maximum Gasteiger partial charge on any atom is 0.174 e. The third-order valence-electron chi connectivity index (χ3n) is 2.21. The monoisotopic (exact) mass is 275 g/mol. The van der Waals surface area contributed by atoms with Gasteiger partial charge >= 0.3 is 0 Å². The van der Waals surface area contributed by atoms with Gasteiger partial charge in [-0.1, -0.05) is 0 Å². The van der Waals surface area contributed by atoms with Crippen LogP contribution in [0.15, 0.2) is 10.5 Å². The molecule has 1 aromatic carbocycles. The average molecular weight is 276 g/mol.